The second-order valence-electron chi connectivity index (χ2n) is 3.44. The molecule has 2 heteroatoms. The number of benzene rings is 1. The molecular weight excluding hydrogens is 174 g/mol. The number of hydrogen-bond donors (Lipinski definition) is 1. The van der Waals surface area contributed by atoms with Crippen molar-refractivity contribution < 1.29 is 4.74 Å². The molecular formula is C12H19NO. The van der Waals surface area contributed by atoms with E-state index in [1.54, 1.807) is 0 Å². The van der Waals surface area contributed by atoms with Gasteiger partial charge in [-0.25, -0.2) is 0 Å². The summed E-state index contributed by atoms with van der Waals surface area (Å²) < 4.78 is 5.69. The lowest BCUT2D eigenvalue weighted by Crippen LogP contribution is -2.23. The molecule has 0 radical (unpaired) electrons. The first kappa shape index (κ1) is 11.2. The Morgan fingerprint density at radius 3 is 2.57 bits per heavy atom. The monoisotopic (exact) mass is 193 g/mol. The van der Waals surface area contributed by atoms with Crippen LogP contribution in [0.3, 0.4) is 0 Å². The third-order valence-electron chi connectivity index (χ3n) is 2.20. The quantitative estimate of drug-likeness (QED) is 0.752. The second-order valence-corrected chi connectivity index (χ2v) is 3.44. The Morgan fingerprint density at radius 1 is 1.29 bits per heavy atom. The Labute approximate surface area is 86.1 Å². The first-order valence-electron chi connectivity index (χ1n) is 5.22. The third-order valence-corrected chi connectivity index (χ3v) is 2.20. The van der Waals surface area contributed by atoms with Gasteiger partial charge in [0.05, 0.1) is 12.7 Å². The van der Waals surface area contributed by atoms with Crippen LogP contribution in [-0.4, -0.2) is 12.6 Å². The topological polar surface area (TPSA) is 35.2 Å². The molecule has 0 amide bonds. The molecule has 0 aromatic heterocycles. The number of ether oxygens (including phenoxy) is 1. The van der Waals surface area contributed by atoms with Crippen LogP contribution >= 0.6 is 0 Å². The van der Waals surface area contributed by atoms with Crippen LogP contribution < -0.4 is 5.73 Å². The molecule has 14 heavy (non-hydrogen) atoms. The van der Waals surface area contributed by atoms with Gasteiger partial charge >= 0.3 is 0 Å². The normalized spacial score (nSPS) is 12.7. The standard InChI is InChI=1S/C12H19NO/c1-2-6-12(9-13)14-10-11-7-4-3-5-8-11/h3-5,7-8,12H,2,6,9-10,13H2,1H3/t12-/m0/s1. The smallest absolute Gasteiger partial charge is 0.0721 e. The Bertz CT molecular complexity index is 235. The Morgan fingerprint density at radius 2 is 2.00 bits per heavy atom. The predicted molar refractivity (Wildman–Crippen MR) is 59.0 cm³/mol. The van der Waals surface area contributed by atoms with Crippen molar-refractivity contribution in [2.75, 3.05) is 6.54 Å². The highest BCUT2D eigenvalue weighted by Gasteiger charge is 2.04. The van der Waals surface area contributed by atoms with E-state index in [2.05, 4.69) is 19.1 Å². The SMILES string of the molecule is CCC[C@@H](CN)OCc1ccccc1. The van der Waals surface area contributed by atoms with E-state index >= 15 is 0 Å². The zero-order chi connectivity index (χ0) is 10.2. The molecule has 0 aliphatic heterocycles. The summed E-state index contributed by atoms with van der Waals surface area (Å²) in [4.78, 5) is 0. The molecule has 0 heterocycles. The van der Waals surface area contributed by atoms with Crippen LogP contribution in [0.1, 0.15) is 25.3 Å². The minimum absolute atomic E-state index is 0.209. The van der Waals surface area contributed by atoms with E-state index in [1.807, 2.05) is 18.2 Å². The average Bonchev–Trinajstić information content (AvgIpc) is 2.25. The molecule has 0 unspecified atom stereocenters. The fraction of sp³-hybridized carbons (Fsp3) is 0.500. The summed E-state index contributed by atoms with van der Waals surface area (Å²) >= 11 is 0. The number of rotatable bonds is 6. The molecule has 2 N–H and O–H groups in total. The minimum atomic E-state index is 0.209. The first-order valence-corrected chi connectivity index (χ1v) is 5.22. The van der Waals surface area contributed by atoms with Gasteiger partial charge in [-0.15, -0.1) is 0 Å². The van der Waals surface area contributed by atoms with E-state index < -0.39 is 0 Å². The summed E-state index contributed by atoms with van der Waals surface area (Å²) in [5, 5.41) is 0. The van der Waals surface area contributed by atoms with Gasteiger partial charge in [0, 0.05) is 6.54 Å². The molecule has 2 nitrogen and oxygen atoms in total. The lowest BCUT2D eigenvalue weighted by Gasteiger charge is -2.14. The lowest BCUT2D eigenvalue weighted by atomic mass is 10.2. The number of hydrogen-bond acceptors (Lipinski definition) is 2. The Balaban J connectivity index is 2.32. The maximum atomic E-state index is 5.69. The van der Waals surface area contributed by atoms with E-state index in [1.165, 1.54) is 5.56 Å². The van der Waals surface area contributed by atoms with E-state index in [0.29, 0.717) is 13.2 Å². The Kier molecular flexibility index (Phi) is 5.27. The predicted octanol–water partition coefficient (Wildman–Crippen LogP) is 2.33. The largest absolute Gasteiger partial charge is 0.372 e. The van der Waals surface area contributed by atoms with Crippen LogP contribution in [0.25, 0.3) is 0 Å². The summed E-state index contributed by atoms with van der Waals surface area (Å²) in [6.07, 6.45) is 2.38. The van der Waals surface area contributed by atoms with Crippen molar-refractivity contribution in [3.05, 3.63) is 35.9 Å². The zero-order valence-corrected chi connectivity index (χ0v) is 8.78. The van der Waals surface area contributed by atoms with Crippen LogP contribution in [0.2, 0.25) is 0 Å². The fourth-order valence-electron chi connectivity index (χ4n) is 1.38. The Hall–Kier alpha value is -0.860. The molecule has 1 aromatic rings. The fourth-order valence-corrected chi connectivity index (χ4v) is 1.38. The summed E-state index contributed by atoms with van der Waals surface area (Å²) in [6, 6.07) is 10.2. The first-order chi connectivity index (χ1) is 6.86. The summed E-state index contributed by atoms with van der Waals surface area (Å²) in [5.41, 5.74) is 6.81. The zero-order valence-electron chi connectivity index (χ0n) is 8.78. The minimum Gasteiger partial charge on any atom is -0.372 e. The van der Waals surface area contributed by atoms with Gasteiger partial charge in [0.2, 0.25) is 0 Å². The molecule has 0 saturated carbocycles. The molecule has 0 aliphatic rings. The number of nitrogens with two attached hydrogens (primary N) is 1. The maximum Gasteiger partial charge on any atom is 0.0721 e. The van der Waals surface area contributed by atoms with Crippen molar-refractivity contribution in [1.29, 1.82) is 0 Å². The van der Waals surface area contributed by atoms with Gasteiger partial charge in [0.15, 0.2) is 0 Å². The van der Waals surface area contributed by atoms with Crippen molar-refractivity contribution in [2.45, 2.75) is 32.5 Å². The van der Waals surface area contributed by atoms with E-state index in [4.69, 9.17) is 10.5 Å². The molecule has 1 aromatic carbocycles. The highest BCUT2D eigenvalue weighted by Crippen LogP contribution is 2.06. The maximum absolute atomic E-state index is 5.69. The van der Waals surface area contributed by atoms with Crippen molar-refractivity contribution in [3.8, 4) is 0 Å². The van der Waals surface area contributed by atoms with Crippen molar-refractivity contribution in [1.82, 2.24) is 0 Å². The van der Waals surface area contributed by atoms with E-state index in [9.17, 15) is 0 Å². The molecule has 1 atom stereocenters. The molecule has 0 fully saturated rings. The van der Waals surface area contributed by atoms with Crippen LogP contribution in [0.4, 0.5) is 0 Å². The van der Waals surface area contributed by atoms with Gasteiger partial charge in [-0.05, 0) is 12.0 Å². The highest BCUT2D eigenvalue weighted by atomic mass is 16.5. The van der Waals surface area contributed by atoms with Crippen LogP contribution in [-0.2, 0) is 11.3 Å². The molecule has 0 aliphatic carbocycles. The van der Waals surface area contributed by atoms with Crippen LogP contribution in [0.15, 0.2) is 30.3 Å². The van der Waals surface area contributed by atoms with Crippen LogP contribution in [0, 0.1) is 0 Å². The summed E-state index contributed by atoms with van der Waals surface area (Å²) in [6.45, 7) is 3.43. The van der Waals surface area contributed by atoms with E-state index in [-0.39, 0.29) is 6.10 Å². The van der Waals surface area contributed by atoms with Crippen molar-refractivity contribution in [3.63, 3.8) is 0 Å². The molecule has 0 bridgehead atoms. The van der Waals surface area contributed by atoms with Gasteiger partial charge < -0.3 is 10.5 Å². The van der Waals surface area contributed by atoms with Crippen molar-refractivity contribution in [2.24, 2.45) is 5.73 Å². The molecule has 78 valence electrons. The average molecular weight is 193 g/mol. The highest BCUT2D eigenvalue weighted by molar-refractivity contribution is 5.13. The third kappa shape index (κ3) is 3.90. The molecule has 1 rings (SSSR count). The lowest BCUT2D eigenvalue weighted by molar-refractivity contribution is 0.0404. The van der Waals surface area contributed by atoms with Gasteiger partial charge in [0.25, 0.3) is 0 Å². The van der Waals surface area contributed by atoms with Gasteiger partial charge in [0.1, 0.15) is 0 Å². The van der Waals surface area contributed by atoms with Gasteiger partial charge in [-0.3, -0.25) is 0 Å². The summed E-state index contributed by atoms with van der Waals surface area (Å²) in [7, 11) is 0. The molecule has 0 saturated heterocycles. The van der Waals surface area contributed by atoms with Crippen molar-refractivity contribution >= 4 is 0 Å². The van der Waals surface area contributed by atoms with Gasteiger partial charge in [-0.2, -0.15) is 0 Å². The van der Waals surface area contributed by atoms with Gasteiger partial charge in [-0.1, -0.05) is 43.7 Å². The summed E-state index contributed by atoms with van der Waals surface area (Å²) in [5.74, 6) is 0. The second kappa shape index (κ2) is 6.57. The van der Waals surface area contributed by atoms with Crippen LogP contribution in [0.5, 0.6) is 0 Å². The van der Waals surface area contributed by atoms with E-state index in [0.717, 1.165) is 12.8 Å². The molecule has 0 spiro atoms.